The first-order valence-corrected chi connectivity index (χ1v) is 5.27. The van der Waals surface area contributed by atoms with Gasteiger partial charge >= 0.3 is 5.97 Å². The Balaban J connectivity index is 2.37. The maximum absolute atomic E-state index is 11.6. The number of fused-ring (bicyclic) bond motifs is 1. The Bertz CT molecular complexity index is 387. The lowest BCUT2D eigenvalue weighted by Crippen LogP contribution is -2.33. The summed E-state index contributed by atoms with van der Waals surface area (Å²) in [5, 5.41) is 0. The van der Waals surface area contributed by atoms with E-state index in [-0.39, 0.29) is 12.1 Å². The Morgan fingerprint density at radius 3 is 3.00 bits per heavy atom. The first kappa shape index (κ1) is 10.2. The Morgan fingerprint density at radius 1 is 1.53 bits per heavy atom. The lowest BCUT2D eigenvalue weighted by atomic mass is 9.96. The van der Waals surface area contributed by atoms with Gasteiger partial charge in [-0.1, -0.05) is 19.1 Å². The molecular weight excluding hydrogens is 190 g/mol. The van der Waals surface area contributed by atoms with Gasteiger partial charge in [-0.3, -0.25) is 0 Å². The molecule has 2 rings (SSSR count). The molecule has 80 valence electrons. The molecule has 1 aliphatic rings. The third-order valence-corrected chi connectivity index (χ3v) is 2.79. The highest BCUT2D eigenvalue weighted by Crippen LogP contribution is 2.21. The highest BCUT2D eigenvalue weighted by Gasteiger charge is 2.25. The molecule has 3 heteroatoms. The summed E-state index contributed by atoms with van der Waals surface area (Å²) in [7, 11) is 0. The van der Waals surface area contributed by atoms with Gasteiger partial charge in [-0.15, -0.1) is 0 Å². The van der Waals surface area contributed by atoms with Crippen molar-refractivity contribution >= 4 is 5.97 Å². The van der Waals surface area contributed by atoms with Crippen LogP contribution in [0.2, 0.25) is 0 Å². The van der Waals surface area contributed by atoms with Gasteiger partial charge in [-0.2, -0.15) is 0 Å². The molecular formula is C12H15NO2. The Hall–Kier alpha value is -1.35. The van der Waals surface area contributed by atoms with Gasteiger partial charge in [0.2, 0.25) is 0 Å². The molecule has 0 radical (unpaired) electrons. The van der Waals surface area contributed by atoms with Crippen LogP contribution in [0.1, 0.15) is 28.4 Å². The summed E-state index contributed by atoms with van der Waals surface area (Å²) in [5.41, 5.74) is 8.43. The van der Waals surface area contributed by atoms with E-state index >= 15 is 0 Å². The summed E-state index contributed by atoms with van der Waals surface area (Å²) in [6.07, 6.45) is 1.51. The third kappa shape index (κ3) is 1.88. The van der Waals surface area contributed by atoms with Crippen LogP contribution >= 0.6 is 0 Å². The molecule has 15 heavy (non-hydrogen) atoms. The zero-order valence-corrected chi connectivity index (χ0v) is 8.82. The van der Waals surface area contributed by atoms with Crippen molar-refractivity contribution in [1.29, 1.82) is 0 Å². The minimum Gasteiger partial charge on any atom is -0.457 e. The van der Waals surface area contributed by atoms with Crippen LogP contribution in [0.15, 0.2) is 18.2 Å². The second kappa shape index (κ2) is 4.03. The lowest BCUT2D eigenvalue weighted by Gasteiger charge is -2.23. The van der Waals surface area contributed by atoms with Gasteiger partial charge in [0.15, 0.2) is 0 Å². The Labute approximate surface area is 89.2 Å². The van der Waals surface area contributed by atoms with Crippen LogP contribution < -0.4 is 5.73 Å². The molecule has 0 saturated carbocycles. The van der Waals surface area contributed by atoms with Crippen molar-refractivity contribution in [3.8, 4) is 0 Å². The number of nitrogens with two attached hydrogens (primary N) is 1. The molecule has 1 unspecified atom stereocenters. The first-order chi connectivity index (χ1) is 7.24. The van der Waals surface area contributed by atoms with Gasteiger partial charge in [0.25, 0.3) is 0 Å². The van der Waals surface area contributed by atoms with Crippen LogP contribution in [-0.2, 0) is 17.6 Å². The lowest BCUT2D eigenvalue weighted by molar-refractivity contribution is 0.0278. The number of carbonyl (C=O) groups excluding carboxylic acids is 1. The first-order valence-electron chi connectivity index (χ1n) is 5.27. The average Bonchev–Trinajstić information content (AvgIpc) is 2.28. The van der Waals surface area contributed by atoms with E-state index in [1.54, 1.807) is 0 Å². The fourth-order valence-corrected chi connectivity index (χ4v) is 1.84. The van der Waals surface area contributed by atoms with Crippen molar-refractivity contribution < 1.29 is 9.53 Å². The van der Waals surface area contributed by atoms with Crippen LogP contribution in [-0.4, -0.2) is 18.6 Å². The molecule has 0 aliphatic carbocycles. The maximum Gasteiger partial charge on any atom is 0.338 e. The number of cyclic esters (lactones) is 1. The van der Waals surface area contributed by atoms with Crippen LogP contribution in [0.5, 0.6) is 0 Å². The van der Waals surface area contributed by atoms with Crippen molar-refractivity contribution in [2.45, 2.75) is 25.9 Å². The largest absolute Gasteiger partial charge is 0.457 e. The van der Waals surface area contributed by atoms with Crippen molar-refractivity contribution in [2.24, 2.45) is 5.73 Å². The minimum atomic E-state index is -0.234. The van der Waals surface area contributed by atoms with Gasteiger partial charge in [-0.05, 0) is 23.6 Å². The molecule has 3 nitrogen and oxygen atoms in total. The van der Waals surface area contributed by atoms with E-state index in [9.17, 15) is 4.79 Å². The van der Waals surface area contributed by atoms with Crippen LogP contribution in [0.25, 0.3) is 0 Å². The fraction of sp³-hybridized carbons (Fsp3) is 0.417. The van der Waals surface area contributed by atoms with Crippen molar-refractivity contribution in [2.75, 3.05) is 6.54 Å². The average molecular weight is 205 g/mol. The summed E-state index contributed by atoms with van der Waals surface area (Å²) >= 11 is 0. The van der Waals surface area contributed by atoms with Crippen molar-refractivity contribution in [3.63, 3.8) is 0 Å². The molecule has 0 saturated heterocycles. The number of rotatable bonds is 2. The monoisotopic (exact) mass is 205 g/mol. The minimum absolute atomic E-state index is 0.155. The topological polar surface area (TPSA) is 52.3 Å². The SMILES string of the molecule is CCc1ccc2c(c1)C(=O)OC(CN)C2. The van der Waals surface area contributed by atoms with Crippen LogP contribution in [0.4, 0.5) is 0 Å². The smallest absolute Gasteiger partial charge is 0.338 e. The predicted molar refractivity (Wildman–Crippen MR) is 57.8 cm³/mol. The highest BCUT2D eigenvalue weighted by atomic mass is 16.5. The summed E-state index contributed by atoms with van der Waals surface area (Å²) in [5.74, 6) is -0.234. The zero-order valence-electron chi connectivity index (χ0n) is 8.82. The molecule has 1 atom stereocenters. The number of benzene rings is 1. The molecule has 2 N–H and O–H groups in total. The quantitative estimate of drug-likeness (QED) is 0.740. The van der Waals surface area contributed by atoms with Crippen molar-refractivity contribution in [3.05, 3.63) is 34.9 Å². The number of hydrogen-bond acceptors (Lipinski definition) is 3. The van der Waals surface area contributed by atoms with E-state index in [2.05, 4.69) is 13.0 Å². The van der Waals surface area contributed by atoms with E-state index in [1.807, 2.05) is 12.1 Å². The molecule has 0 fully saturated rings. The number of aryl methyl sites for hydroxylation is 1. The normalized spacial score (nSPS) is 19.6. The molecule has 0 aromatic heterocycles. The molecule has 1 aromatic carbocycles. The molecule has 1 aromatic rings. The van der Waals surface area contributed by atoms with Crippen LogP contribution in [0, 0.1) is 0 Å². The summed E-state index contributed by atoms with van der Waals surface area (Å²) in [6, 6.07) is 5.99. The number of esters is 1. The fourth-order valence-electron chi connectivity index (χ4n) is 1.84. The van der Waals surface area contributed by atoms with Crippen molar-refractivity contribution in [1.82, 2.24) is 0 Å². The van der Waals surface area contributed by atoms with Gasteiger partial charge in [0.05, 0.1) is 5.56 Å². The molecule has 1 heterocycles. The van der Waals surface area contributed by atoms with Gasteiger partial charge in [0.1, 0.15) is 6.10 Å². The van der Waals surface area contributed by atoms with Gasteiger partial charge in [-0.25, -0.2) is 4.79 Å². The number of hydrogen-bond donors (Lipinski definition) is 1. The zero-order chi connectivity index (χ0) is 10.8. The summed E-state index contributed by atoms with van der Waals surface area (Å²) in [4.78, 5) is 11.6. The third-order valence-electron chi connectivity index (χ3n) is 2.79. The highest BCUT2D eigenvalue weighted by molar-refractivity contribution is 5.92. The van der Waals surface area contributed by atoms with E-state index in [1.165, 1.54) is 0 Å². The summed E-state index contributed by atoms with van der Waals surface area (Å²) < 4.78 is 5.20. The van der Waals surface area contributed by atoms with E-state index < -0.39 is 0 Å². The van der Waals surface area contributed by atoms with Crippen LogP contribution in [0.3, 0.4) is 0 Å². The molecule has 0 bridgehead atoms. The Kier molecular flexibility index (Phi) is 2.73. The maximum atomic E-state index is 11.6. The second-order valence-electron chi connectivity index (χ2n) is 3.81. The molecule has 0 spiro atoms. The Morgan fingerprint density at radius 2 is 2.33 bits per heavy atom. The number of carbonyl (C=O) groups is 1. The van der Waals surface area contributed by atoms with Gasteiger partial charge in [0, 0.05) is 13.0 Å². The summed E-state index contributed by atoms with van der Waals surface area (Å²) in [6.45, 7) is 2.46. The van der Waals surface area contributed by atoms with E-state index in [0.717, 1.165) is 24.0 Å². The molecule has 1 aliphatic heterocycles. The number of ether oxygens (including phenoxy) is 1. The molecule has 0 amide bonds. The van der Waals surface area contributed by atoms with E-state index in [0.29, 0.717) is 12.1 Å². The van der Waals surface area contributed by atoms with E-state index in [4.69, 9.17) is 10.5 Å². The van der Waals surface area contributed by atoms with Gasteiger partial charge < -0.3 is 10.5 Å². The standard InChI is InChI=1S/C12H15NO2/c1-2-8-3-4-9-6-10(7-13)15-12(14)11(9)5-8/h3-5,10H,2,6-7,13H2,1H3. The predicted octanol–water partition coefficient (Wildman–Crippen LogP) is 1.29. The second-order valence-corrected chi connectivity index (χ2v) is 3.81.